The summed E-state index contributed by atoms with van der Waals surface area (Å²) in [5.41, 5.74) is 0.993. The van der Waals surface area contributed by atoms with Crippen molar-refractivity contribution in [1.29, 1.82) is 0 Å². The van der Waals surface area contributed by atoms with Gasteiger partial charge in [0.25, 0.3) is 0 Å². The highest BCUT2D eigenvalue weighted by Gasteiger charge is 2.06. The number of allylic oxidation sites excluding steroid dienone is 3. The zero-order chi connectivity index (χ0) is 10.3. The van der Waals surface area contributed by atoms with Gasteiger partial charge in [-0.2, -0.15) is 0 Å². The second-order valence-electron chi connectivity index (χ2n) is 2.51. The number of hydrogen-bond acceptors (Lipinski definition) is 1. The van der Waals surface area contributed by atoms with E-state index < -0.39 is 5.83 Å². The van der Waals surface area contributed by atoms with Gasteiger partial charge >= 0.3 is 0 Å². The molecular weight excluding hydrogens is 166 g/mol. The molecule has 1 nitrogen and oxygen atoms in total. The molecule has 0 heterocycles. The van der Waals surface area contributed by atoms with Crippen molar-refractivity contribution in [1.82, 2.24) is 0 Å². The van der Waals surface area contributed by atoms with Gasteiger partial charge in [-0.05, 0) is 12.0 Å². The van der Waals surface area contributed by atoms with Crippen molar-refractivity contribution in [2.24, 2.45) is 0 Å². The molecule has 13 heavy (non-hydrogen) atoms. The van der Waals surface area contributed by atoms with E-state index in [2.05, 4.69) is 6.58 Å². The summed E-state index contributed by atoms with van der Waals surface area (Å²) in [5.74, 6) is -0.457. The van der Waals surface area contributed by atoms with Crippen molar-refractivity contribution in [3.63, 3.8) is 0 Å². The maximum absolute atomic E-state index is 13.2. The summed E-state index contributed by atoms with van der Waals surface area (Å²) in [7, 11) is 5.16. The van der Waals surface area contributed by atoms with Gasteiger partial charge in [-0.15, -0.1) is 0 Å². The van der Waals surface area contributed by atoms with E-state index in [1.165, 1.54) is 6.08 Å². The highest BCUT2D eigenvalue weighted by atomic mass is 19.1. The van der Waals surface area contributed by atoms with Crippen molar-refractivity contribution < 1.29 is 9.50 Å². The predicted molar refractivity (Wildman–Crippen MR) is 54.4 cm³/mol. The summed E-state index contributed by atoms with van der Waals surface area (Å²) in [5, 5.41) is 8.93. The van der Waals surface area contributed by atoms with E-state index in [1.807, 2.05) is 6.92 Å². The van der Waals surface area contributed by atoms with Crippen molar-refractivity contribution in [2.75, 3.05) is 6.61 Å². The molecule has 0 aliphatic carbocycles. The van der Waals surface area contributed by atoms with Crippen LogP contribution in [0.3, 0.4) is 0 Å². The number of halogens is 1. The summed E-state index contributed by atoms with van der Waals surface area (Å²) >= 11 is 0. The first-order valence-electron chi connectivity index (χ1n) is 4.22. The SMILES string of the molecule is [B]C/C=C(F)\C(CO)=C(/C=C)CC. The van der Waals surface area contributed by atoms with Crippen LogP contribution >= 0.6 is 0 Å². The third-order valence-electron chi connectivity index (χ3n) is 1.76. The quantitative estimate of drug-likeness (QED) is 0.508. The molecule has 70 valence electrons. The van der Waals surface area contributed by atoms with E-state index in [-0.39, 0.29) is 18.5 Å². The van der Waals surface area contributed by atoms with Crippen LogP contribution in [-0.4, -0.2) is 19.6 Å². The first kappa shape index (κ1) is 12.2. The van der Waals surface area contributed by atoms with Crippen LogP contribution in [0.4, 0.5) is 4.39 Å². The summed E-state index contributed by atoms with van der Waals surface area (Å²) in [6, 6.07) is 0. The summed E-state index contributed by atoms with van der Waals surface area (Å²) in [6.07, 6.45) is 3.56. The first-order chi connectivity index (χ1) is 6.21. The molecule has 0 aromatic heterocycles. The van der Waals surface area contributed by atoms with Crippen molar-refractivity contribution in [2.45, 2.75) is 19.7 Å². The van der Waals surface area contributed by atoms with E-state index in [0.29, 0.717) is 12.0 Å². The molecule has 0 fully saturated rings. The maximum atomic E-state index is 13.2. The first-order valence-corrected chi connectivity index (χ1v) is 4.22. The van der Waals surface area contributed by atoms with Gasteiger partial charge in [-0.25, -0.2) is 4.39 Å². The fourth-order valence-electron chi connectivity index (χ4n) is 1.04. The standard InChI is InChI=1S/C10H14BFO/c1-3-8(4-2)9(7-13)10(12)5-6-11/h3,5,13H,1,4,6-7H2,2H3/b9-8+,10-5+. The van der Waals surface area contributed by atoms with Gasteiger partial charge in [-0.1, -0.05) is 32.0 Å². The van der Waals surface area contributed by atoms with Crippen LogP contribution in [0.15, 0.2) is 35.7 Å². The third kappa shape index (κ3) is 3.60. The predicted octanol–water partition coefficient (Wildman–Crippen LogP) is 2.31. The lowest BCUT2D eigenvalue weighted by atomic mass is 10.0. The molecule has 0 aromatic carbocycles. The molecule has 0 saturated heterocycles. The Morgan fingerprint density at radius 3 is 2.54 bits per heavy atom. The minimum atomic E-state index is -0.457. The Balaban J connectivity index is 4.95. The Morgan fingerprint density at radius 2 is 2.23 bits per heavy atom. The van der Waals surface area contributed by atoms with Crippen LogP contribution in [0.2, 0.25) is 6.32 Å². The third-order valence-corrected chi connectivity index (χ3v) is 1.76. The molecule has 3 heteroatoms. The Kier molecular flexibility index (Phi) is 6.24. The average Bonchev–Trinajstić information content (AvgIpc) is 2.14. The molecule has 0 aliphatic heterocycles. The van der Waals surface area contributed by atoms with Crippen LogP contribution in [0.1, 0.15) is 13.3 Å². The van der Waals surface area contributed by atoms with E-state index in [0.717, 1.165) is 0 Å². The molecule has 0 amide bonds. The number of hydrogen-bond donors (Lipinski definition) is 1. The molecular formula is C10H14BFO. The van der Waals surface area contributed by atoms with Gasteiger partial charge in [0, 0.05) is 5.57 Å². The van der Waals surface area contributed by atoms with Crippen LogP contribution in [0, 0.1) is 0 Å². The zero-order valence-corrected chi connectivity index (χ0v) is 7.89. The molecule has 0 unspecified atom stereocenters. The Labute approximate surface area is 80.1 Å². The van der Waals surface area contributed by atoms with Gasteiger partial charge in [-0.3, -0.25) is 0 Å². The fraction of sp³-hybridized carbons (Fsp3) is 0.400. The topological polar surface area (TPSA) is 20.2 Å². The fourth-order valence-corrected chi connectivity index (χ4v) is 1.04. The summed E-state index contributed by atoms with van der Waals surface area (Å²) < 4.78 is 13.2. The van der Waals surface area contributed by atoms with Gasteiger partial charge in [0.2, 0.25) is 0 Å². The zero-order valence-electron chi connectivity index (χ0n) is 7.89. The molecule has 0 bridgehead atoms. The lowest BCUT2D eigenvalue weighted by molar-refractivity contribution is 0.326. The minimum Gasteiger partial charge on any atom is -0.392 e. The lowest BCUT2D eigenvalue weighted by Gasteiger charge is -2.06. The van der Waals surface area contributed by atoms with Gasteiger partial charge < -0.3 is 5.11 Å². The summed E-state index contributed by atoms with van der Waals surface area (Å²) in [4.78, 5) is 0. The second kappa shape index (κ2) is 6.67. The van der Waals surface area contributed by atoms with E-state index >= 15 is 0 Å². The van der Waals surface area contributed by atoms with Crippen molar-refractivity contribution in [3.8, 4) is 0 Å². The average molecular weight is 180 g/mol. The Morgan fingerprint density at radius 1 is 1.62 bits per heavy atom. The van der Waals surface area contributed by atoms with Crippen molar-refractivity contribution >= 4 is 7.85 Å². The summed E-state index contributed by atoms with van der Waals surface area (Å²) in [6.45, 7) is 5.10. The van der Waals surface area contributed by atoms with Crippen molar-refractivity contribution in [3.05, 3.63) is 35.7 Å². The minimum absolute atomic E-state index is 0.128. The van der Waals surface area contributed by atoms with E-state index in [1.54, 1.807) is 6.08 Å². The second-order valence-corrected chi connectivity index (χ2v) is 2.51. The largest absolute Gasteiger partial charge is 0.392 e. The normalized spacial score (nSPS) is 13.9. The number of aliphatic hydroxyl groups excluding tert-OH is 1. The van der Waals surface area contributed by atoms with Crippen LogP contribution in [0.5, 0.6) is 0 Å². The monoisotopic (exact) mass is 180 g/mol. The highest BCUT2D eigenvalue weighted by molar-refractivity contribution is 6.09. The molecule has 2 radical (unpaired) electrons. The van der Waals surface area contributed by atoms with E-state index in [9.17, 15) is 4.39 Å². The lowest BCUT2D eigenvalue weighted by Crippen LogP contribution is -1.96. The maximum Gasteiger partial charge on any atom is 0.124 e. The van der Waals surface area contributed by atoms with Gasteiger partial charge in [0.15, 0.2) is 0 Å². The molecule has 0 saturated carbocycles. The molecule has 0 spiro atoms. The molecule has 1 N–H and O–H groups in total. The number of rotatable bonds is 5. The van der Waals surface area contributed by atoms with Gasteiger partial charge in [0.1, 0.15) is 5.83 Å². The highest BCUT2D eigenvalue weighted by Crippen LogP contribution is 2.19. The smallest absolute Gasteiger partial charge is 0.124 e. The number of aliphatic hydroxyl groups is 1. The van der Waals surface area contributed by atoms with Crippen LogP contribution in [0.25, 0.3) is 0 Å². The molecule has 0 atom stereocenters. The molecule has 0 aromatic rings. The van der Waals surface area contributed by atoms with Gasteiger partial charge in [0.05, 0.1) is 14.5 Å². The Bertz CT molecular complexity index is 231. The van der Waals surface area contributed by atoms with Crippen LogP contribution < -0.4 is 0 Å². The molecule has 0 rings (SSSR count). The van der Waals surface area contributed by atoms with E-state index in [4.69, 9.17) is 13.0 Å². The van der Waals surface area contributed by atoms with Crippen LogP contribution in [-0.2, 0) is 0 Å². The molecule has 0 aliphatic rings. The Hall–Kier alpha value is -0.825.